The normalized spacial score (nSPS) is 12.1. The first-order valence-corrected chi connectivity index (χ1v) is 11.9. The van der Waals surface area contributed by atoms with Crippen LogP contribution < -0.4 is 0 Å². The monoisotopic (exact) mass is 456 g/mol. The summed E-state index contributed by atoms with van der Waals surface area (Å²) in [5.74, 6) is -0.830. The summed E-state index contributed by atoms with van der Waals surface area (Å²) >= 11 is 0. The van der Waals surface area contributed by atoms with Crippen molar-refractivity contribution in [1.82, 2.24) is 0 Å². The Kier molecular flexibility index (Phi) is 6.89. The zero-order chi connectivity index (χ0) is 25.4. The van der Waals surface area contributed by atoms with Crippen molar-refractivity contribution in [2.45, 2.75) is 72.1 Å². The second-order valence-electron chi connectivity index (χ2n) is 11.5. The maximum atomic E-state index is 13.7. The summed E-state index contributed by atoms with van der Waals surface area (Å²) in [7, 11) is 0. The first-order valence-electron chi connectivity index (χ1n) is 11.9. The number of rotatable bonds is 5. The van der Waals surface area contributed by atoms with E-state index in [1.54, 1.807) is 12.1 Å². The summed E-state index contributed by atoms with van der Waals surface area (Å²) in [5.41, 5.74) is 6.69. The van der Waals surface area contributed by atoms with Crippen molar-refractivity contribution in [3.8, 4) is 11.1 Å². The maximum absolute atomic E-state index is 13.7. The van der Waals surface area contributed by atoms with Crippen LogP contribution in [0.25, 0.3) is 11.1 Å². The molecule has 0 aromatic heterocycles. The van der Waals surface area contributed by atoms with Crippen LogP contribution in [-0.4, -0.2) is 16.9 Å². The van der Waals surface area contributed by atoms with Crippen LogP contribution in [0.1, 0.15) is 104 Å². The molecule has 0 aliphatic carbocycles. The Morgan fingerprint density at radius 3 is 1.65 bits per heavy atom. The maximum Gasteiger partial charge on any atom is 0.335 e. The summed E-state index contributed by atoms with van der Waals surface area (Å²) in [6, 6.07) is 19.0. The van der Waals surface area contributed by atoms with Crippen LogP contribution in [0, 0.1) is 0 Å². The minimum atomic E-state index is -1.00. The van der Waals surface area contributed by atoms with E-state index >= 15 is 0 Å². The zero-order valence-corrected chi connectivity index (χ0v) is 21.6. The number of carboxylic acids is 1. The van der Waals surface area contributed by atoms with E-state index in [1.807, 2.05) is 6.07 Å². The highest BCUT2D eigenvalue weighted by Gasteiger charge is 2.23. The lowest BCUT2D eigenvalue weighted by Crippen LogP contribution is -2.17. The number of carbonyl (C=O) groups is 2. The van der Waals surface area contributed by atoms with Crippen molar-refractivity contribution >= 4 is 11.8 Å². The SMILES string of the molecule is CC(C)c1ccc(-c2cc(C(C)(C)C)cc(C(C)(C)C)c2)c(C(=O)c2ccc(C(=O)O)cc2)c1. The van der Waals surface area contributed by atoms with Gasteiger partial charge in [0.15, 0.2) is 5.78 Å². The summed E-state index contributed by atoms with van der Waals surface area (Å²) in [4.78, 5) is 25.0. The molecule has 178 valence electrons. The van der Waals surface area contributed by atoms with Gasteiger partial charge in [0.1, 0.15) is 0 Å². The van der Waals surface area contributed by atoms with Crippen molar-refractivity contribution in [3.63, 3.8) is 0 Å². The second kappa shape index (κ2) is 9.21. The molecule has 3 rings (SSSR count). The molecule has 3 nitrogen and oxygen atoms in total. The van der Waals surface area contributed by atoms with Gasteiger partial charge in [0.05, 0.1) is 5.56 Å². The fourth-order valence-electron chi connectivity index (χ4n) is 3.93. The summed E-state index contributed by atoms with van der Waals surface area (Å²) in [6.45, 7) is 17.5. The molecule has 0 saturated heterocycles. The van der Waals surface area contributed by atoms with Crippen LogP contribution >= 0.6 is 0 Å². The molecule has 0 heterocycles. The van der Waals surface area contributed by atoms with Crippen molar-refractivity contribution in [2.75, 3.05) is 0 Å². The van der Waals surface area contributed by atoms with Gasteiger partial charge in [0, 0.05) is 11.1 Å². The second-order valence-corrected chi connectivity index (χ2v) is 11.5. The third-order valence-corrected chi connectivity index (χ3v) is 6.33. The van der Waals surface area contributed by atoms with E-state index < -0.39 is 5.97 Å². The number of aromatic carboxylic acids is 1. The Morgan fingerprint density at radius 2 is 1.21 bits per heavy atom. The standard InChI is InChI=1S/C31H36O3/c1-19(2)22-13-14-26(23-15-24(30(3,4)5)18-25(16-23)31(6,7)8)27(17-22)28(32)20-9-11-21(12-10-20)29(33)34/h9-19H,1-8H3,(H,33,34). The lowest BCUT2D eigenvalue weighted by atomic mass is 9.78. The first kappa shape index (κ1) is 25.4. The molecule has 0 aliphatic heterocycles. The fraction of sp³-hybridized carbons (Fsp3) is 0.355. The van der Waals surface area contributed by atoms with E-state index in [1.165, 1.54) is 23.3 Å². The molecule has 0 fully saturated rings. The largest absolute Gasteiger partial charge is 0.478 e. The van der Waals surface area contributed by atoms with E-state index in [2.05, 4.69) is 85.7 Å². The van der Waals surface area contributed by atoms with Gasteiger partial charge in [0.2, 0.25) is 0 Å². The van der Waals surface area contributed by atoms with Crippen molar-refractivity contribution in [1.29, 1.82) is 0 Å². The molecule has 0 amide bonds. The van der Waals surface area contributed by atoms with Gasteiger partial charge in [-0.3, -0.25) is 4.79 Å². The van der Waals surface area contributed by atoms with Gasteiger partial charge >= 0.3 is 5.97 Å². The predicted octanol–water partition coefficient (Wildman–Crippen LogP) is 8.00. The molecular formula is C31H36O3. The van der Waals surface area contributed by atoms with E-state index in [4.69, 9.17) is 0 Å². The highest BCUT2D eigenvalue weighted by atomic mass is 16.4. The Morgan fingerprint density at radius 1 is 0.706 bits per heavy atom. The molecular weight excluding hydrogens is 420 g/mol. The van der Waals surface area contributed by atoms with Crippen molar-refractivity contribution in [3.05, 3.63) is 94.0 Å². The molecule has 0 radical (unpaired) electrons. The van der Waals surface area contributed by atoms with E-state index in [-0.39, 0.29) is 28.1 Å². The smallest absolute Gasteiger partial charge is 0.335 e. The highest BCUT2D eigenvalue weighted by molar-refractivity contribution is 6.13. The van der Waals surface area contributed by atoms with Gasteiger partial charge in [-0.2, -0.15) is 0 Å². The topological polar surface area (TPSA) is 54.4 Å². The number of benzene rings is 3. The lowest BCUT2D eigenvalue weighted by Gasteiger charge is -2.27. The average molecular weight is 457 g/mol. The average Bonchev–Trinajstić information content (AvgIpc) is 2.76. The van der Waals surface area contributed by atoms with Crippen LogP contribution in [0.15, 0.2) is 60.7 Å². The Labute approximate surface area is 203 Å². The molecule has 0 spiro atoms. The number of ketones is 1. The van der Waals surface area contributed by atoms with Crippen LogP contribution in [0.4, 0.5) is 0 Å². The van der Waals surface area contributed by atoms with Crippen LogP contribution in [0.2, 0.25) is 0 Å². The van der Waals surface area contributed by atoms with Crippen LogP contribution in [0.5, 0.6) is 0 Å². The molecule has 3 aromatic rings. The predicted molar refractivity (Wildman–Crippen MR) is 140 cm³/mol. The Hall–Kier alpha value is -3.20. The molecule has 3 aromatic carbocycles. The molecule has 1 N–H and O–H groups in total. The molecule has 34 heavy (non-hydrogen) atoms. The van der Waals surface area contributed by atoms with E-state index in [0.717, 1.165) is 16.7 Å². The third kappa shape index (κ3) is 5.47. The molecule has 3 heteroatoms. The summed E-state index contributed by atoms with van der Waals surface area (Å²) < 4.78 is 0. The van der Waals surface area contributed by atoms with Gasteiger partial charge < -0.3 is 5.11 Å². The quantitative estimate of drug-likeness (QED) is 0.396. The highest BCUT2D eigenvalue weighted by Crippen LogP contribution is 2.36. The summed E-state index contributed by atoms with van der Waals surface area (Å²) in [6.07, 6.45) is 0. The fourth-order valence-corrected chi connectivity index (χ4v) is 3.93. The molecule has 0 unspecified atom stereocenters. The number of carboxylic acid groups (broad SMARTS) is 1. The minimum absolute atomic E-state index is 0.0370. The number of hydrogen-bond donors (Lipinski definition) is 1. The molecule has 0 aliphatic rings. The van der Waals surface area contributed by atoms with Gasteiger partial charge in [-0.1, -0.05) is 97.9 Å². The zero-order valence-electron chi connectivity index (χ0n) is 21.6. The van der Waals surface area contributed by atoms with Gasteiger partial charge in [-0.05, 0) is 62.8 Å². The van der Waals surface area contributed by atoms with Crippen molar-refractivity contribution < 1.29 is 14.7 Å². The van der Waals surface area contributed by atoms with Gasteiger partial charge in [0.25, 0.3) is 0 Å². The molecule has 0 bridgehead atoms. The number of hydrogen-bond acceptors (Lipinski definition) is 2. The Balaban J connectivity index is 2.25. The third-order valence-electron chi connectivity index (χ3n) is 6.33. The van der Waals surface area contributed by atoms with E-state index in [9.17, 15) is 14.7 Å². The van der Waals surface area contributed by atoms with Crippen molar-refractivity contribution in [2.24, 2.45) is 0 Å². The first-order chi connectivity index (χ1) is 15.7. The van der Waals surface area contributed by atoms with Crippen LogP contribution in [0.3, 0.4) is 0 Å². The minimum Gasteiger partial charge on any atom is -0.478 e. The lowest BCUT2D eigenvalue weighted by molar-refractivity contribution is 0.0696. The molecule has 0 atom stereocenters. The summed E-state index contributed by atoms with van der Waals surface area (Å²) in [5, 5.41) is 9.22. The van der Waals surface area contributed by atoms with Gasteiger partial charge in [-0.25, -0.2) is 4.79 Å². The van der Waals surface area contributed by atoms with Crippen LogP contribution in [-0.2, 0) is 10.8 Å². The Bertz CT molecular complexity index is 1180. The van der Waals surface area contributed by atoms with E-state index in [0.29, 0.717) is 11.1 Å². The molecule has 0 saturated carbocycles. The van der Waals surface area contributed by atoms with Gasteiger partial charge in [-0.15, -0.1) is 0 Å². The number of carbonyl (C=O) groups excluding carboxylic acids is 1.